The summed E-state index contributed by atoms with van der Waals surface area (Å²) in [6.45, 7) is 9.80. The van der Waals surface area contributed by atoms with Crippen LogP contribution in [-0.4, -0.2) is 34.2 Å². The molecule has 3 heterocycles. The Morgan fingerprint density at radius 1 is 1.12 bits per heavy atom. The van der Waals surface area contributed by atoms with Crippen LogP contribution in [-0.2, 0) is 9.31 Å². The number of hydrogen-bond acceptors (Lipinski definition) is 5. The average Bonchev–Trinajstić information content (AvgIpc) is 2.76. The maximum absolute atomic E-state index is 12.3. The highest BCUT2D eigenvalue weighted by Crippen LogP contribution is 2.36. The molecule has 25 heavy (non-hydrogen) atoms. The van der Waals surface area contributed by atoms with Gasteiger partial charge in [-0.2, -0.15) is 0 Å². The van der Waals surface area contributed by atoms with Crippen LogP contribution >= 0.6 is 0 Å². The topological polar surface area (TPSA) is 73.3 Å². The van der Waals surface area contributed by atoms with Gasteiger partial charge in [0.15, 0.2) is 0 Å². The number of nitrogens with zero attached hydrogens (tertiary/aromatic N) is 2. The van der Waals surface area contributed by atoms with E-state index in [1.54, 1.807) is 30.5 Å². The quantitative estimate of drug-likeness (QED) is 0.869. The number of rotatable bonds is 3. The van der Waals surface area contributed by atoms with Crippen molar-refractivity contribution >= 4 is 24.3 Å². The van der Waals surface area contributed by atoms with Gasteiger partial charge in [0, 0.05) is 17.6 Å². The van der Waals surface area contributed by atoms with Gasteiger partial charge in [0.05, 0.1) is 16.8 Å². The lowest BCUT2D eigenvalue weighted by molar-refractivity contribution is 0.00578. The monoisotopic (exact) mass is 339 g/mol. The van der Waals surface area contributed by atoms with Gasteiger partial charge < -0.3 is 14.6 Å². The number of carbonyl (C=O) groups excluding carboxylic acids is 1. The summed E-state index contributed by atoms with van der Waals surface area (Å²) in [7, 11) is -0.570. The van der Waals surface area contributed by atoms with Crippen molar-refractivity contribution in [2.24, 2.45) is 0 Å². The zero-order valence-corrected chi connectivity index (χ0v) is 15.2. The van der Waals surface area contributed by atoms with E-state index >= 15 is 0 Å². The molecule has 0 saturated carbocycles. The predicted molar refractivity (Wildman–Crippen MR) is 96.9 cm³/mol. The third-order valence-corrected chi connectivity index (χ3v) is 4.65. The van der Waals surface area contributed by atoms with E-state index in [0.29, 0.717) is 17.0 Å². The van der Waals surface area contributed by atoms with Crippen LogP contribution in [0.15, 0.2) is 36.5 Å². The number of pyridine rings is 2. The van der Waals surface area contributed by atoms with Crippen LogP contribution in [0.3, 0.4) is 0 Å². The molecule has 0 aliphatic carbocycles. The lowest BCUT2D eigenvalue weighted by Crippen LogP contribution is -2.41. The SMILES string of the molecule is Cc1cccc(C(=O)Nc2ccnc(B3OC(C)(C)C(C)(C)O3)c2)n1. The van der Waals surface area contributed by atoms with Crippen molar-refractivity contribution in [1.29, 1.82) is 0 Å². The lowest BCUT2D eigenvalue weighted by Gasteiger charge is -2.32. The Hall–Kier alpha value is -2.25. The van der Waals surface area contributed by atoms with Crippen molar-refractivity contribution in [1.82, 2.24) is 9.97 Å². The number of amides is 1. The first kappa shape index (κ1) is 17.6. The highest BCUT2D eigenvalue weighted by Gasteiger charge is 2.52. The van der Waals surface area contributed by atoms with Gasteiger partial charge in [-0.15, -0.1) is 0 Å². The molecule has 1 aliphatic rings. The summed E-state index contributed by atoms with van der Waals surface area (Å²) in [6.07, 6.45) is 1.62. The van der Waals surface area contributed by atoms with Gasteiger partial charge in [0.2, 0.25) is 0 Å². The number of anilines is 1. The van der Waals surface area contributed by atoms with E-state index in [4.69, 9.17) is 9.31 Å². The van der Waals surface area contributed by atoms with E-state index in [1.807, 2.05) is 40.7 Å². The largest absolute Gasteiger partial charge is 0.514 e. The standard InChI is InChI=1S/C18H22BN3O3/c1-12-7-6-8-14(21-12)16(23)22-13-9-10-20-15(11-13)19-24-17(2,3)18(4,5)25-19/h6-11H,1-5H3,(H,20,22,23). The smallest absolute Gasteiger partial charge is 0.398 e. The molecule has 0 unspecified atom stereocenters. The van der Waals surface area contributed by atoms with Crippen molar-refractivity contribution < 1.29 is 14.1 Å². The molecule has 6 nitrogen and oxygen atoms in total. The number of carbonyl (C=O) groups is 1. The molecule has 0 aromatic carbocycles. The molecule has 1 saturated heterocycles. The summed E-state index contributed by atoms with van der Waals surface area (Å²) >= 11 is 0. The second-order valence-electron chi connectivity index (χ2n) is 7.18. The minimum absolute atomic E-state index is 0.269. The Labute approximate surface area is 148 Å². The van der Waals surface area contributed by atoms with E-state index in [-0.39, 0.29) is 5.91 Å². The molecule has 1 amide bonds. The molecule has 1 fully saturated rings. The van der Waals surface area contributed by atoms with Gasteiger partial charge in [-0.1, -0.05) is 6.07 Å². The number of aromatic nitrogens is 2. The second-order valence-corrected chi connectivity index (χ2v) is 7.18. The summed E-state index contributed by atoms with van der Waals surface area (Å²) in [5, 5.41) is 2.84. The van der Waals surface area contributed by atoms with Crippen LogP contribution in [0.25, 0.3) is 0 Å². The Morgan fingerprint density at radius 2 is 1.80 bits per heavy atom. The normalized spacial score (nSPS) is 18.2. The zero-order chi connectivity index (χ0) is 18.2. The fraction of sp³-hybridized carbons (Fsp3) is 0.389. The van der Waals surface area contributed by atoms with Gasteiger partial charge in [0.1, 0.15) is 5.69 Å². The van der Waals surface area contributed by atoms with Crippen LogP contribution in [0, 0.1) is 6.92 Å². The molecule has 2 aromatic heterocycles. The lowest BCUT2D eigenvalue weighted by atomic mass is 9.84. The average molecular weight is 339 g/mol. The van der Waals surface area contributed by atoms with E-state index < -0.39 is 18.3 Å². The number of nitrogens with one attached hydrogen (secondary N) is 1. The van der Waals surface area contributed by atoms with Gasteiger partial charge in [0.25, 0.3) is 5.91 Å². The minimum Gasteiger partial charge on any atom is -0.398 e. The van der Waals surface area contributed by atoms with Crippen LogP contribution in [0.1, 0.15) is 43.9 Å². The highest BCUT2D eigenvalue weighted by molar-refractivity contribution is 6.61. The van der Waals surface area contributed by atoms with Crippen molar-refractivity contribution in [3.05, 3.63) is 47.9 Å². The van der Waals surface area contributed by atoms with Crippen molar-refractivity contribution in [2.45, 2.75) is 45.8 Å². The molecule has 3 rings (SSSR count). The van der Waals surface area contributed by atoms with Gasteiger partial charge in [-0.25, -0.2) is 4.98 Å². The first-order valence-electron chi connectivity index (χ1n) is 8.24. The van der Waals surface area contributed by atoms with Crippen LogP contribution in [0.2, 0.25) is 0 Å². The maximum atomic E-state index is 12.3. The third kappa shape index (κ3) is 3.57. The van der Waals surface area contributed by atoms with Gasteiger partial charge >= 0.3 is 7.12 Å². The maximum Gasteiger partial charge on any atom is 0.514 e. The first-order valence-corrected chi connectivity index (χ1v) is 8.24. The predicted octanol–water partition coefficient (Wildman–Crippen LogP) is 2.34. The highest BCUT2D eigenvalue weighted by atomic mass is 16.7. The summed E-state index contributed by atoms with van der Waals surface area (Å²) in [5.41, 5.74) is 1.52. The van der Waals surface area contributed by atoms with Crippen LogP contribution < -0.4 is 10.9 Å². The summed E-state index contributed by atoms with van der Waals surface area (Å²) in [6, 6.07) is 8.82. The zero-order valence-electron chi connectivity index (χ0n) is 15.2. The van der Waals surface area contributed by atoms with E-state index in [0.717, 1.165) is 5.69 Å². The van der Waals surface area contributed by atoms with E-state index in [1.165, 1.54) is 0 Å². The van der Waals surface area contributed by atoms with E-state index in [2.05, 4.69) is 15.3 Å². The summed E-state index contributed by atoms with van der Waals surface area (Å²) < 4.78 is 12.0. The molecule has 1 N–H and O–H groups in total. The minimum atomic E-state index is -0.570. The molecule has 130 valence electrons. The molecule has 0 bridgehead atoms. The molecule has 2 aromatic rings. The number of aryl methyl sites for hydroxylation is 1. The van der Waals surface area contributed by atoms with Crippen molar-refractivity contribution in [3.8, 4) is 0 Å². The van der Waals surface area contributed by atoms with Crippen LogP contribution in [0.5, 0.6) is 0 Å². The Morgan fingerprint density at radius 3 is 2.44 bits per heavy atom. The van der Waals surface area contributed by atoms with Crippen molar-refractivity contribution in [3.63, 3.8) is 0 Å². The molecule has 0 spiro atoms. The summed E-state index contributed by atoms with van der Waals surface area (Å²) in [5.74, 6) is -0.269. The third-order valence-electron chi connectivity index (χ3n) is 4.65. The molecule has 0 radical (unpaired) electrons. The molecule has 1 aliphatic heterocycles. The molecular formula is C18H22BN3O3. The van der Waals surface area contributed by atoms with E-state index in [9.17, 15) is 4.79 Å². The fourth-order valence-electron chi connectivity index (χ4n) is 2.48. The Kier molecular flexibility index (Phi) is 4.39. The Balaban J connectivity index is 1.78. The van der Waals surface area contributed by atoms with Gasteiger partial charge in [-0.05, 0) is 58.9 Å². The van der Waals surface area contributed by atoms with Crippen LogP contribution in [0.4, 0.5) is 5.69 Å². The fourth-order valence-corrected chi connectivity index (χ4v) is 2.48. The Bertz CT molecular complexity index is 792. The molecule has 0 atom stereocenters. The number of hydrogen-bond donors (Lipinski definition) is 1. The summed E-state index contributed by atoms with van der Waals surface area (Å²) in [4.78, 5) is 20.9. The molecule has 7 heteroatoms. The molecular weight excluding hydrogens is 317 g/mol. The second kappa shape index (κ2) is 6.24. The first-order chi connectivity index (χ1) is 11.7. The van der Waals surface area contributed by atoms with Crippen molar-refractivity contribution in [2.75, 3.05) is 5.32 Å². The van der Waals surface area contributed by atoms with Gasteiger partial charge in [-0.3, -0.25) is 9.78 Å².